The number of hydrogen-bond donors (Lipinski definition) is 1. The van der Waals surface area contributed by atoms with E-state index in [1.807, 2.05) is 13.8 Å². The second-order valence-electron chi connectivity index (χ2n) is 5.31. The zero-order valence-corrected chi connectivity index (χ0v) is 12.4. The average Bonchev–Trinajstić information content (AvgIpc) is 2.79. The number of carboxylic acid groups (broad SMARTS) is 1. The molecule has 2 rings (SSSR count). The minimum Gasteiger partial charge on any atom is -0.480 e. The van der Waals surface area contributed by atoms with Crippen LogP contribution in [0.25, 0.3) is 0 Å². The number of halogens is 1. The smallest absolute Gasteiger partial charge is 0.326 e. The molecular formula is C14H19ClN2O3. The van der Waals surface area contributed by atoms with Crippen LogP contribution in [0, 0.1) is 5.92 Å². The van der Waals surface area contributed by atoms with Gasteiger partial charge >= 0.3 is 5.97 Å². The Labute approximate surface area is 123 Å². The van der Waals surface area contributed by atoms with E-state index < -0.39 is 12.0 Å². The zero-order chi connectivity index (χ0) is 14.9. The van der Waals surface area contributed by atoms with Crippen molar-refractivity contribution in [1.29, 1.82) is 0 Å². The Balaban J connectivity index is 2.28. The second-order valence-corrected chi connectivity index (χ2v) is 5.75. The highest BCUT2D eigenvalue weighted by molar-refractivity contribution is 6.31. The van der Waals surface area contributed by atoms with Crippen LogP contribution in [0.2, 0.25) is 5.02 Å². The van der Waals surface area contributed by atoms with Crippen LogP contribution in [-0.4, -0.2) is 39.0 Å². The topological polar surface area (TPSA) is 62.5 Å². The predicted molar refractivity (Wildman–Crippen MR) is 76.0 cm³/mol. The van der Waals surface area contributed by atoms with Gasteiger partial charge in [-0.1, -0.05) is 18.5 Å². The van der Waals surface area contributed by atoms with Crippen LogP contribution in [0.1, 0.15) is 37.2 Å². The zero-order valence-electron chi connectivity index (χ0n) is 11.7. The van der Waals surface area contributed by atoms with E-state index >= 15 is 0 Å². The summed E-state index contributed by atoms with van der Waals surface area (Å²) in [5.74, 6) is -0.870. The van der Waals surface area contributed by atoms with Crippen molar-refractivity contribution >= 4 is 23.5 Å². The molecule has 0 aromatic carbocycles. The van der Waals surface area contributed by atoms with E-state index in [0.29, 0.717) is 36.1 Å². The van der Waals surface area contributed by atoms with E-state index in [9.17, 15) is 14.7 Å². The number of aryl methyl sites for hydroxylation is 1. The lowest BCUT2D eigenvalue weighted by Crippen LogP contribution is -2.50. The molecule has 2 atom stereocenters. The molecule has 110 valence electrons. The molecule has 0 aliphatic carbocycles. The minimum absolute atomic E-state index is 0.252. The standard InChI is InChI=1S/C14H19ClN2O3/c1-3-16-8-10(15)7-11(16)13(18)17-5-4-9(2)6-12(17)14(19)20/h7-9,12H,3-6H2,1-2H3,(H,19,20). The number of rotatable bonds is 3. The molecule has 2 heterocycles. The van der Waals surface area contributed by atoms with Crippen LogP contribution in [0.4, 0.5) is 0 Å². The van der Waals surface area contributed by atoms with Crippen molar-refractivity contribution in [1.82, 2.24) is 9.47 Å². The van der Waals surface area contributed by atoms with E-state index in [4.69, 9.17) is 11.6 Å². The van der Waals surface area contributed by atoms with Gasteiger partial charge in [-0.2, -0.15) is 0 Å². The van der Waals surface area contributed by atoms with Crippen LogP contribution in [-0.2, 0) is 11.3 Å². The van der Waals surface area contributed by atoms with E-state index in [1.54, 1.807) is 16.8 Å². The number of aromatic nitrogens is 1. The van der Waals surface area contributed by atoms with Gasteiger partial charge in [0, 0.05) is 19.3 Å². The Bertz CT molecular complexity index is 526. The summed E-state index contributed by atoms with van der Waals surface area (Å²) >= 11 is 5.94. The highest BCUT2D eigenvalue weighted by Gasteiger charge is 2.36. The number of piperidine rings is 1. The minimum atomic E-state index is -0.939. The summed E-state index contributed by atoms with van der Waals surface area (Å²) in [7, 11) is 0. The lowest BCUT2D eigenvalue weighted by atomic mass is 9.92. The molecule has 20 heavy (non-hydrogen) atoms. The number of carboxylic acids is 1. The maximum Gasteiger partial charge on any atom is 0.326 e. The van der Waals surface area contributed by atoms with Gasteiger partial charge in [0.2, 0.25) is 0 Å². The van der Waals surface area contributed by atoms with Crippen molar-refractivity contribution in [2.24, 2.45) is 5.92 Å². The molecule has 1 aromatic heterocycles. The first-order chi connectivity index (χ1) is 9.43. The van der Waals surface area contributed by atoms with Gasteiger partial charge < -0.3 is 14.6 Å². The van der Waals surface area contributed by atoms with Crippen LogP contribution in [0.5, 0.6) is 0 Å². The fourth-order valence-electron chi connectivity index (χ4n) is 2.68. The Hall–Kier alpha value is -1.49. The van der Waals surface area contributed by atoms with Crippen LogP contribution in [0.3, 0.4) is 0 Å². The Kier molecular flexibility index (Phi) is 4.38. The molecule has 0 radical (unpaired) electrons. The van der Waals surface area contributed by atoms with E-state index in [1.165, 1.54) is 4.90 Å². The largest absolute Gasteiger partial charge is 0.480 e. The molecule has 0 spiro atoms. The monoisotopic (exact) mass is 298 g/mol. The van der Waals surface area contributed by atoms with Crippen molar-refractivity contribution in [2.75, 3.05) is 6.54 Å². The average molecular weight is 299 g/mol. The van der Waals surface area contributed by atoms with Gasteiger partial charge in [0.15, 0.2) is 0 Å². The number of hydrogen-bond acceptors (Lipinski definition) is 2. The maximum atomic E-state index is 12.6. The summed E-state index contributed by atoms with van der Waals surface area (Å²) in [5.41, 5.74) is 0.457. The van der Waals surface area contributed by atoms with Gasteiger partial charge in [0.25, 0.3) is 5.91 Å². The summed E-state index contributed by atoms with van der Waals surface area (Å²) in [6.45, 7) is 5.03. The van der Waals surface area contributed by atoms with E-state index in [2.05, 4.69) is 0 Å². The maximum absolute atomic E-state index is 12.6. The van der Waals surface area contributed by atoms with Gasteiger partial charge in [-0.25, -0.2) is 4.79 Å². The number of carbonyl (C=O) groups excluding carboxylic acids is 1. The molecule has 0 saturated carbocycles. The number of aliphatic carboxylic acids is 1. The molecule has 0 bridgehead atoms. The second kappa shape index (κ2) is 5.87. The normalized spacial score (nSPS) is 22.9. The molecule has 1 N–H and O–H groups in total. The van der Waals surface area contributed by atoms with Crippen LogP contribution in [0.15, 0.2) is 12.3 Å². The summed E-state index contributed by atoms with van der Waals surface area (Å²) in [6.07, 6.45) is 3.02. The molecule has 6 heteroatoms. The quantitative estimate of drug-likeness (QED) is 0.932. The number of nitrogens with zero attached hydrogens (tertiary/aromatic N) is 2. The van der Waals surface area contributed by atoms with Crippen LogP contribution >= 0.6 is 11.6 Å². The number of amides is 1. The van der Waals surface area contributed by atoms with Crippen molar-refractivity contribution in [3.05, 3.63) is 23.0 Å². The first-order valence-corrected chi connectivity index (χ1v) is 7.21. The van der Waals surface area contributed by atoms with Gasteiger partial charge in [0.1, 0.15) is 11.7 Å². The van der Waals surface area contributed by atoms with Crippen LogP contribution < -0.4 is 0 Å². The summed E-state index contributed by atoms with van der Waals surface area (Å²) in [4.78, 5) is 25.4. The summed E-state index contributed by atoms with van der Waals surface area (Å²) < 4.78 is 1.75. The van der Waals surface area contributed by atoms with E-state index in [0.717, 1.165) is 6.42 Å². The van der Waals surface area contributed by atoms with Gasteiger partial charge in [-0.15, -0.1) is 0 Å². The molecule has 5 nitrogen and oxygen atoms in total. The van der Waals surface area contributed by atoms with Crippen molar-refractivity contribution in [3.8, 4) is 0 Å². The van der Waals surface area contributed by atoms with Gasteiger partial charge in [0.05, 0.1) is 5.02 Å². The Morgan fingerprint density at radius 1 is 1.50 bits per heavy atom. The third kappa shape index (κ3) is 2.82. The third-order valence-electron chi connectivity index (χ3n) is 3.83. The molecule has 1 amide bonds. The SMILES string of the molecule is CCn1cc(Cl)cc1C(=O)N1CCC(C)CC1C(=O)O. The lowest BCUT2D eigenvalue weighted by molar-refractivity contribution is -0.144. The predicted octanol–water partition coefficient (Wildman–Crippen LogP) is 2.49. The van der Waals surface area contributed by atoms with Gasteiger partial charge in [-0.3, -0.25) is 4.79 Å². The van der Waals surface area contributed by atoms with Gasteiger partial charge in [-0.05, 0) is 31.7 Å². The highest BCUT2D eigenvalue weighted by atomic mass is 35.5. The van der Waals surface area contributed by atoms with E-state index in [-0.39, 0.29) is 5.91 Å². The van der Waals surface area contributed by atoms with Crippen molar-refractivity contribution < 1.29 is 14.7 Å². The first kappa shape index (κ1) is 14.9. The molecule has 2 unspecified atom stereocenters. The third-order valence-corrected chi connectivity index (χ3v) is 4.04. The van der Waals surface area contributed by atoms with Crippen molar-refractivity contribution in [2.45, 2.75) is 39.3 Å². The first-order valence-electron chi connectivity index (χ1n) is 6.83. The lowest BCUT2D eigenvalue weighted by Gasteiger charge is -2.36. The fraction of sp³-hybridized carbons (Fsp3) is 0.571. The number of likely N-dealkylation sites (tertiary alicyclic amines) is 1. The van der Waals surface area contributed by atoms with Crippen molar-refractivity contribution in [3.63, 3.8) is 0 Å². The number of carbonyl (C=O) groups is 2. The summed E-state index contributed by atoms with van der Waals surface area (Å²) in [5, 5.41) is 9.82. The molecule has 1 fully saturated rings. The fourth-order valence-corrected chi connectivity index (χ4v) is 2.90. The Morgan fingerprint density at radius 3 is 2.80 bits per heavy atom. The molecule has 1 aliphatic heterocycles. The highest BCUT2D eigenvalue weighted by Crippen LogP contribution is 2.25. The molecule has 1 aromatic rings. The Morgan fingerprint density at radius 2 is 2.20 bits per heavy atom. The molecule has 1 saturated heterocycles. The molecular weight excluding hydrogens is 280 g/mol. The summed E-state index contributed by atoms with van der Waals surface area (Å²) in [6, 6.07) is 0.856. The molecule has 1 aliphatic rings.